The van der Waals surface area contributed by atoms with Crippen LogP contribution in [-0.2, 0) is 11.2 Å². The topological polar surface area (TPSA) is 70.6 Å². The molecule has 1 saturated carbocycles. The van der Waals surface area contributed by atoms with Crippen LogP contribution in [0.4, 0.5) is 10.5 Å². The van der Waals surface area contributed by atoms with Crippen molar-refractivity contribution in [3.63, 3.8) is 0 Å². The zero-order chi connectivity index (χ0) is 17.6. The molecule has 1 aromatic carbocycles. The number of ether oxygens (including phenoxy) is 1. The smallest absolute Gasteiger partial charge is 0.407 e. The Morgan fingerprint density at radius 2 is 1.96 bits per heavy atom. The van der Waals surface area contributed by atoms with Gasteiger partial charge in [0, 0.05) is 24.9 Å². The zero-order valence-electron chi connectivity index (χ0n) is 15.0. The van der Waals surface area contributed by atoms with E-state index in [4.69, 9.17) is 9.84 Å². The number of hydrogen-bond acceptors (Lipinski definition) is 4. The normalized spacial score (nSPS) is 20.7. The molecule has 134 valence electrons. The highest BCUT2D eigenvalue weighted by atomic mass is 16.6. The first-order chi connectivity index (χ1) is 11.4. The third kappa shape index (κ3) is 6.04. The fraction of sp³-hybridized carbons (Fsp3) is 0.632. The average Bonchev–Trinajstić information content (AvgIpc) is 2.93. The second kappa shape index (κ2) is 8.38. The fourth-order valence-electron chi connectivity index (χ4n) is 3.11. The van der Waals surface area contributed by atoms with Crippen molar-refractivity contribution in [2.75, 3.05) is 18.5 Å². The highest BCUT2D eigenvalue weighted by Crippen LogP contribution is 2.28. The van der Waals surface area contributed by atoms with Crippen LogP contribution in [0.25, 0.3) is 0 Å². The Hall–Kier alpha value is -1.75. The van der Waals surface area contributed by atoms with Crippen LogP contribution >= 0.6 is 0 Å². The summed E-state index contributed by atoms with van der Waals surface area (Å²) in [4.78, 5) is 11.8. The Labute approximate surface area is 144 Å². The van der Waals surface area contributed by atoms with E-state index in [9.17, 15) is 4.79 Å². The van der Waals surface area contributed by atoms with Crippen molar-refractivity contribution in [1.29, 1.82) is 0 Å². The van der Waals surface area contributed by atoms with Gasteiger partial charge in [-0.2, -0.15) is 0 Å². The first-order valence-electron chi connectivity index (χ1n) is 8.80. The summed E-state index contributed by atoms with van der Waals surface area (Å²) < 4.78 is 5.30. The lowest BCUT2D eigenvalue weighted by Crippen LogP contribution is -2.38. The first kappa shape index (κ1) is 18.6. The molecule has 2 unspecified atom stereocenters. The van der Waals surface area contributed by atoms with Gasteiger partial charge in [0.25, 0.3) is 0 Å². The SMILES string of the molecule is CC(C)(C)OC(=O)NCC1CCCC1Nc1ccc(CCO)cc1. The third-order valence-electron chi connectivity index (χ3n) is 4.27. The Balaban J connectivity index is 1.83. The number of benzene rings is 1. The molecule has 1 aliphatic carbocycles. The number of aliphatic hydroxyl groups excluding tert-OH is 1. The summed E-state index contributed by atoms with van der Waals surface area (Å²) in [5.74, 6) is 0.412. The van der Waals surface area contributed by atoms with Crippen LogP contribution in [0.3, 0.4) is 0 Å². The molecule has 0 saturated heterocycles. The van der Waals surface area contributed by atoms with Gasteiger partial charge in [0.05, 0.1) is 0 Å². The molecule has 0 bridgehead atoms. The van der Waals surface area contributed by atoms with Crippen molar-refractivity contribution in [2.24, 2.45) is 5.92 Å². The monoisotopic (exact) mass is 334 g/mol. The molecule has 2 atom stereocenters. The molecule has 0 aliphatic heterocycles. The number of carbonyl (C=O) groups is 1. The van der Waals surface area contributed by atoms with E-state index in [1.54, 1.807) is 0 Å². The molecule has 1 amide bonds. The summed E-state index contributed by atoms with van der Waals surface area (Å²) >= 11 is 0. The number of hydrogen-bond donors (Lipinski definition) is 3. The van der Waals surface area contributed by atoms with Gasteiger partial charge < -0.3 is 20.5 Å². The maximum absolute atomic E-state index is 11.8. The Morgan fingerprint density at radius 3 is 2.58 bits per heavy atom. The molecule has 5 nitrogen and oxygen atoms in total. The summed E-state index contributed by atoms with van der Waals surface area (Å²) in [5, 5.41) is 15.4. The van der Waals surface area contributed by atoms with E-state index in [0.717, 1.165) is 24.1 Å². The molecule has 0 spiro atoms. The van der Waals surface area contributed by atoms with E-state index >= 15 is 0 Å². The fourth-order valence-corrected chi connectivity index (χ4v) is 3.11. The minimum Gasteiger partial charge on any atom is -0.444 e. The second-order valence-electron chi connectivity index (χ2n) is 7.50. The largest absolute Gasteiger partial charge is 0.444 e. The van der Waals surface area contributed by atoms with E-state index in [1.807, 2.05) is 32.9 Å². The third-order valence-corrected chi connectivity index (χ3v) is 4.27. The molecule has 1 fully saturated rings. The molecule has 1 aliphatic rings. The summed E-state index contributed by atoms with van der Waals surface area (Å²) in [6.07, 6.45) is 3.73. The number of amides is 1. The number of carbonyl (C=O) groups excluding carboxylic acids is 1. The summed E-state index contributed by atoms with van der Waals surface area (Å²) in [5.41, 5.74) is 1.76. The Kier molecular flexibility index (Phi) is 6.49. The Bertz CT molecular complexity index is 522. The molecule has 0 aromatic heterocycles. The molecule has 3 N–H and O–H groups in total. The quantitative estimate of drug-likeness (QED) is 0.746. The molecule has 5 heteroatoms. The van der Waals surface area contributed by atoms with Crippen LogP contribution in [0.1, 0.15) is 45.6 Å². The van der Waals surface area contributed by atoms with Gasteiger partial charge in [-0.15, -0.1) is 0 Å². The van der Waals surface area contributed by atoms with Crippen molar-refractivity contribution in [2.45, 2.75) is 58.1 Å². The van der Waals surface area contributed by atoms with Crippen LogP contribution in [0, 0.1) is 5.92 Å². The standard InChI is InChI=1S/C19H30N2O3/c1-19(2,3)24-18(23)20-13-15-5-4-6-17(15)21-16-9-7-14(8-10-16)11-12-22/h7-10,15,17,21-22H,4-6,11-13H2,1-3H3,(H,20,23). The lowest BCUT2D eigenvalue weighted by atomic mass is 10.0. The van der Waals surface area contributed by atoms with Crippen LogP contribution in [-0.4, -0.2) is 36.0 Å². The summed E-state index contributed by atoms with van der Waals surface area (Å²) in [6.45, 7) is 6.41. The van der Waals surface area contributed by atoms with E-state index in [0.29, 0.717) is 24.9 Å². The average molecular weight is 334 g/mol. The minimum atomic E-state index is -0.465. The van der Waals surface area contributed by atoms with E-state index in [2.05, 4.69) is 22.8 Å². The van der Waals surface area contributed by atoms with Crippen molar-refractivity contribution in [3.8, 4) is 0 Å². The number of alkyl carbamates (subject to hydrolysis) is 1. The first-order valence-corrected chi connectivity index (χ1v) is 8.80. The van der Waals surface area contributed by atoms with Crippen LogP contribution in [0.15, 0.2) is 24.3 Å². The second-order valence-corrected chi connectivity index (χ2v) is 7.50. The minimum absolute atomic E-state index is 0.174. The van der Waals surface area contributed by atoms with Gasteiger partial charge in [-0.3, -0.25) is 0 Å². The van der Waals surface area contributed by atoms with E-state index in [-0.39, 0.29) is 12.7 Å². The molecule has 0 radical (unpaired) electrons. The lowest BCUT2D eigenvalue weighted by molar-refractivity contribution is 0.0519. The van der Waals surface area contributed by atoms with Gasteiger partial charge in [-0.25, -0.2) is 4.79 Å². The van der Waals surface area contributed by atoms with Gasteiger partial charge in [0.2, 0.25) is 0 Å². The van der Waals surface area contributed by atoms with Gasteiger partial charge in [0.1, 0.15) is 5.60 Å². The van der Waals surface area contributed by atoms with E-state index in [1.165, 1.54) is 6.42 Å². The van der Waals surface area contributed by atoms with Crippen molar-refractivity contribution >= 4 is 11.8 Å². The maximum Gasteiger partial charge on any atom is 0.407 e. The van der Waals surface area contributed by atoms with Gasteiger partial charge in [-0.05, 0) is 63.6 Å². The van der Waals surface area contributed by atoms with Crippen molar-refractivity contribution < 1.29 is 14.6 Å². The van der Waals surface area contributed by atoms with Crippen molar-refractivity contribution in [1.82, 2.24) is 5.32 Å². The highest BCUT2D eigenvalue weighted by molar-refractivity contribution is 5.67. The maximum atomic E-state index is 11.8. The molecule has 1 aromatic rings. The molecular weight excluding hydrogens is 304 g/mol. The number of aliphatic hydroxyl groups is 1. The molecule has 24 heavy (non-hydrogen) atoms. The zero-order valence-corrected chi connectivity index (χ0v) is 15.0. The predicted molar refractivity (Wildman–Crippen MR) is 96.2 cm³/mol. The van der Waals surface area contributed by atoms with Crippen LogP contribution < -0.4 is 10.6 Å². The number of rotatable bonds is 6. The molecule has 0 heterocycles. The van der Waals surface area contributed by atoms with E-state index < -0.39 is 5.60 Å². The van der Waals surface area contributed by atoms with Gasteiger partial charge in [-0.1, -0.05) is 18.6 Å². The van der Waals surface area contributed by atoms with Gasteiger partial charge in [0.15, 0.2) is 0 Å². The summed E-state index contributed by atoms with van der Waals surface area (Å²) in [7, 11) is 0. The number of nitrogens with one attached hydrogen (secondary N) is 2. The Morgan fingerprint density at radius 1 is 1.25 bits per heavy atom. The summed E-state index contributed by atoms with van der Waals surface area (Å²) in [6, 6.07) is 8.57. The lowest BCUT2D eigenvalue weighted by Gasteiger charge is -2.24. The van der Waals surface area contributed by atoms with Gasteiger partial charge >= 0.3 is 6.09 Å². The number of anilines is 1. The predicted octanol–water partition coefficient (Wildman–Crippen LogP) is 3.33. The molecular formula is C19H30N2O3. The van der Waals surface area contributed by atoms with Crippen LogP contribution in [0.2, 0.25) is 0 Å². The van der Waals surface area contributed by atoms with Crippen molar-refractivity contribution in [3.05, 3.63) is 29.8 Å². The molecule has 2 rings (SSSR count). The van der Waals surface area contributed by atoms with Crippen LogP contribution in [0.5, 0.6) is 0 Å². The highest BCUT2D eigenvalue weighted by Gasteiger charge is 2.28.